The summed E-state index contributed by atoms with van der Waals surface area (Å²) >= 11 is 0. The van der Waals surface area contributed by atoms with E-state index >= 15 is 0 Å². The van der Waals surface area contributed by atoms with Gasteiger partial charge in [0.25, 0.3) is 6.43 Å². The molecular weight excluding hydrogens is 353 g/mol. The summed E-state index contributed by atoms with van der Waals surface area (Å²) in [5.74, 6) is 0.318. The zero-order valence-electron chi connectivity index (χ0n) is 16.4. The number of hydrogen-bond acceptors (Lipinski definition) is 2. The van der Waals surface area contributed by atoms with Gasteiger partial charge in [0.05, 0.1) is 18.8 Å². The van der Waals surface area contributed by atoms with Crippen LogP contribution >= 0.6 is 0 Å². The number of ether oxygens (including phenoxy) is 2. The van der Waals surface area contributed by atoms with Gasteiger partial charge in [-0.15, -0.1) is 0 Å². The van der Waals surface area contributed by atoms with Crippen LogP contribution in [0.4, 0.5) is 13.2 Å². The molecular formula is C22H31F3O2. The molecule has 0 unspecified atom stereocenters. The average Bonchev–Trinajstić information content (AvgIpc) is 3.48. The Kier molecular flexibility index (Phi) is 7.07. The summed E-state index contributed by atoms with van der Waals surface area (Å²) in [4.78, 5) is 0. The lowest BCUT2D eigenvalue weighted by Gasteiger charge is -2.29. The lowest BCUT2D eigenvalue weighted by molar-refractivity contribution is 0.131. The fraction of sp³-hybridized carbons (Fsp3) is 0.727. The Labute approximate surface area is 160 Å². The summed E-state index contributed by atoms with van der Waals surface area (Å²) in [6.45, 7) is 4.70. The van der Waals surface area contributed by atoms with Crippen LogP contribution in [0.5, 0.6) is 5.75 Å². The van der Waals surface area contributed by atoms with Crippen molar-refractivity contribution in [3.05, 3.63) is 28.6 Å². The lowest BCUT2D eigenvalue weighted by Crippen LogP contribution is -2.21. The van der Waals surface area contributed by atoms with Crippen molar-refractivity contribution in [1.82, 2.24) is 0 Å². The van der Waals surface area contributed by atoms with Gasteiger partial charge >= 0.3 is 0 Å². The Morgan fingerprint density at radius 1 is 1.15 bits per heavy atom. The molecule has 1 saturated heterocycles. The third-order valence-corrected chi connectivity index (χ3v) is 6.01. The highest BCUT2D eigenvalue weighted by Gasteiger charge is 2.34. The Hall–Kier alpha value is -1.23. The van der Waals surface area contributed by atoms with Gasteiger partial charge in [0.2, 0.25) is 0 Å². The number of hydrogen-bond donors (Lipinski definition) is 0. The van der Waals surface area contributed by atoms with E-state index in [9.17, 15) is 13.2 Å². The van der Waals surface area contributed by atoms with Crippen LogP contribution in [0, 0.1) is 24.6 Å². The van der Waals surface area contributed by atoms with Crippen LogP contribution in [0.1, 0.15) is 87.5 Å². The SMILES string of the molecule is CCCCCC1CCC(COc2c(C)cc([C@@H]3CO3)c(F)c2C(F)F)CC1. The molecule has 1 heterocycles. The van der Waals surface area contributed by atoms with Crippen LogP contribution in [0.15, 0.2) is 6.07 Å². The maximum Gasteiger partial charge on any atom is 0.270 e. The van der Waals surface area contributed by atoms with Gasteiger partial charge in [-0.2, -0.15) is 0 Å². The highest BCUT2D eigenvalue weighted by molar-refractivity contribution is 5.47. The first kappa shape index (κ1) is 20.5. The molecule has 0 aromatic heterocycles. The third kappa shape index (κ3) is 5.18. The molecule has 2 aliphatic rings. The van der Waals surface area contributed by atoms with Crippen molar-refractivity contribution in [1.29, 1.82) is 0 Å². The molecule has 1 aliphatic heterocycles. The van der Waals surface area contributed by atoms with Crippen LogP contribution in [0.3, 0.4) is 0 Å². The molecule has 0 amide bonds. The van der Waals surface area contributed by atoms with Crippen molar-refractivity contribution in [2.45, 2.75) is 77.7 Å². The summed E-state index contributed by atoms with van der Waals surface area (Å²) in [5.41, 5.74) is 0.182. The molecule has 1 aliphatic carbocycles. The lowest BCUT2D eigenvalue weighted by atomic mass is 9.80. The minimum Gasteiger partial charge on any atom is -0.492 e. The number of unbranched alkanes of at least 4 members (excludes halogenated alkanes) is 2. The van der Waals surface area contributed by atoms with Crippen molar-refractivity contribution in [2.24, 2.45) is 11.8 Å². The summed E-state index contributed by atoms with van der Waals surface area (Å²) in [6, 6.07) is 1.60. The molecule has 5 heteroatoms. The van der Waals surface area contributed by atoms with Gasteiger partial charge in [-0.05, 0) is 43.2 Å². The van der Waals surface area contributed by atoms with E-state index in [2.05, 4.69) is 6.92 Å². The molecule has 2 nitrogen and oxygen atoms in total. The molecule has 0 spiro atoms. The van der Waals surface area contributed by atoms with Crippen molar-refractivity contribution in [3.8, 4) is 5.75 Å². The maximum absolute atomic E-state index is 14.6. The largest absolute Gasteiger partial charge is 0.492 e. The molecule has 27 heavy (non-hydrogen) atoms. The van der Waals surface area contributed by atoms with Crippen molar-refractivity contribution in [3.63, 3.8) is 0 Å². The van der Waals surface area contributed by atoms with Crippen LogP contribution in [-0.4, -0.2) is 13.2 Å². The highest BCUT2D eigenvalue weighted by Crippen LogP contribution is 2.42. The molecule has 0 bridgehead atoms. The van der Waals surface area contributed by atoms with Crippen LogP contribution in [0.25, 0.3) is 0 Å². The van der Waals surface area contributed by atoms with Crippen LogP contribution < -0.4 is 4.74 Å². The number of aryl methyl sites for hydroxylation is 1. The van der Waals surface area contributed by atoms with E-state index in [0.29, 0.717) is 24.7 Å². The van der Waals surface area contributed by atoms with Crippen LogP contribution in [0.2, 0.25) is 0 Å². The van der Waals surface area contributed by atoms with E-state index in [-0.39, 0.29) is 11.3 Å². The Bertz CT molecular complexity index is 620. The number of alkyl halides is 2. The molecule has 1 aromatic carbocycles. The zero-order valence-corrected chi connectivity index (χ0v) is 16.4. The second kappa shape index (κ2) is 9.31. The molecule has 3 rings (SSSR count). The first-order valence-electron chi connectivity index (χ1n) is 10.4. The molecule has 0 radical (unpaired) electrons. The van der Waals surface area contributed by atoms with Gasteiger partial charge in [-0.25, -0.2) is 13.2 Å². The fourth-order valence-corrected chi connectivity index (χ4v) is 4.25. The number of rotatable bonds is 9. The Balaban J connectivity index is 1.59. The molecule has 2 fully saturated rings. The van der Waals surface area contributed by atoms with E-state index in [1.54, 1.807) is 13.0 Å². The van der Waals surface area contributed by atoms with E-state index in [1.165, 1.54) is 38.5 Å². The minimum atomic E-state index is -2.90. The van der Waals surface area contributed by atoms with Gasteiger partial charge in [0.15, 0.2) is 0 Å². The summed E-state index contributed by atoms with van der Waals surface area (Å²) in [5, 5.41) is 0. The topological polar surface area (TPSA) is 21.8 Å². The second-order valence-electron chi connectivity index (χ2n) is 8.16. The van der Waals surface area contributed by atoms with Gasteiger partial charge in [0.1, 0.15) is 17.7 Å². The van der Waals surface area contributed by atoms with Gasteiger partial charge in [-0.3, -0.25) is 0 Å². The predicted octanol–water partition coefficient (Wildman–Crippen LogP) is 6.91. The van der Waals surface area contributed by atoms with E-state index in [0.717, 1.165) is 18.8 Å². The minimum absolute atomic E-state index is 0.0250. The zero-order chi connectivity index (χ0) is 19.4. The first-order valence-corrected chi connectivity index (χ1v) is 10.4. The van der Waals surface area contributed by atoms with Crippen molar-refractivity contribution in [2.75, 3.05) is 13.2 Å². The quantitative estimate of drug-likeness (QED) is 0.341. The standard InChI is InChI=1S/C22H31F3O2/c1-3-4-5-6-15-7-9-16(10-8-15)12-27-21-14(2)11-17(18-13-26-18)20(23)19(21)22(24)25/h11,15-16,18,22H,3-10,12-13H2,1-2H3/t15?,16?,18-/m0/s1. The highest BCUT2D eigenvalue weighted by atomic mass is 19.3. The number of benzene rings is 1. The Morgan fingerprint density at radius 3 is 2.41 bits per heavy atom. The van der Waals surface area contributed by atoms with E-state index in [4.69, 9.17) is 9.47 Å². The van der Waals surface area contributed by atoms with Crippen LogP contribution in [-0.2, 0) is 4.74 Å². The molecule has 1 aromatic rings. The maximum atomic E-state index is 14.6. The summed E-state index contributed by atoms with van der Waals surface area (Å²) in [6.07, 6.45) is 6.36. The number of epoxide rings is 1. The Morgan fingerprint density at radius 2 is 1.81 bits per heavy atom. The summed E-state index contributed by atoms with van der Waals surface area (Å²) < 4.78 is 52.5. The molecule has 1 saturated carbocycles. The van der Waals surface area contributed by atoms with Crippen molar-refractivity contribution < 1.29 is 22.6 Å². The summed E-state index contributed by atoms with van der Waals surface area (Å²) in [7, 11) is 0. The van der Waals surface area contributed by atoms with Gasteiger partial charge < -0.3 is 9.47 Å². The molecule has 1 atom stereocenters. The van der Waals surface area contributed by atoms with Gasteiger partial charge in [-0.1, -0.05) is 45.4 Å². The van der Waals surface area contributed by atoms with E-state index in [1.807, 2.05) is 0 Å². The average molecular weight is 384 g/mol. The van der Waals surface area contributed by atoms with E-state index < -0.39 is 23.9 Å². The smallest absolute Gasteiger partial charge is 0.270 e. The predicted molar refractivity (Wildman–Crippen MR) is 99.9 cm³/mol. The second-order valence-corrected chi connectivity index (χ2v) is 8.16. The fourth-order valence-electron chi connectivity index (χ4n) is 4.25. The normalized spacial score (nSPS) is 25.0. The third-order valence-electron chi connectivity index (χ3n) is 6.01. The monoisotopic (exact) mass is 384 g/mol. The number of halogens is 3. The van der Waals surface area contributed by atoms with Gasteiger partial charge in [0, 0.05) is 5.56 Å². The molecule has 152 valence electrons. The first-order chi connectivity index (χ1) is 13.0. The van der Waals surface area contributed by atoms with Crippen molar-refractivity contribution >= 4 is 0 Å². The molecule has 0 N–H and O–H groups in total.